The van der Waals surface area contributed by atoms with Crippen molar-refractivity contribution in [2.24, 2.45) is 5.92 Å². The van der Waals surface area contributed by atoms with Crippen molar-refractivity contribution >= 4 is 23.2 Å². The molecule has 0 atom stereocenters. The number of carbonyl (C=O) groups excluding carboxylic acids is 1. The SMILES string of the molecule is O=C(NCCCN1CCN(c2ccc(Cl)cc2)CC1)C1CCCCC1. The van der Waals surface area contributed by atoms with Gasteiger partial charge in [-0.15, -0.1) is 0 Å². The Labute approximate surface area is 156 Å². The van der Waals surface area contributed by atoms with E-state index in [1.165, 1.54) is 24.9 Å². The zero-order valence-electron chi connectivity index (χ0n) is 15.1. The molecular weight excluding hydrogens is 334 g/mol. The number of anilines is 1. The molecule has 0 unspecified atom stereocenters. The number of hydrogen-bond donors (Lipinski definition) is 1. The number of benzene rings is 1. The van der Waals surface area contributed by atoms with E-state index < -0.39 is 0 Å². The van der Waals surface area contributed by atoms with Crippen LogP contribution in [0.5, 0.6) is 0 Å². The molecule has 1 aromatic rings. The number of nitrogens with zero attached hydrogens (tertiary/aromatic N) is 2. The summed E-state index contributed by atoms with van der Waals surface area (Å²) in [7, 11) is 0. The summed E-state index contributed by atoms with van der Waals surface area (Å²) < 4.78 is 0. The normalized spacial score (nSPS) is 19.8. The molecule has 0 bridgehead atoms. The standard InChI is InChI=1S/C20H30ClN3O/c21-18-7-9-19(10-8-18)24-15-13-23(14-16-24)12-4-11-22-20(25)17-5-2-1-3-6-17/h7-10,17H,1-6,11-16H2,(H,22,25). The fourth-order valence-electron chi connectivity index (χ4n) is 3.90. The first-order valence-electron chi connectivity index (χ1n) is 9.73. The fourth-order valence-corrected chi connectivity index (χ4v) is 4.03. The smallest absolute Gasteiger partial charge is 0.223 e. The molecule has 4 nitrogen and oxygen atoms in total. The summed E-state index contributed by atoms with van der Waals surface area (Å²) in [6.07, 6.45) is 6.94. The maximum atomic E-state index is 12.1. The van der Waals surface area contributed by atoms with Gasteiger partial charge in [-0.1, -0.05) is 30.9 Å². The average molecular weight is 364 g/mol. The number of nitrogens with one attached hydrogen (secondary N) is 1. The minimum atomic E-state index is 0.275. The second-order valence-electron chi connectivity index (χ2n) is 7.28. The van der Waals surface area contributed by atoms with Gasteiger partial charge in [-0.25, -0.2) is 0 Å². The van der Waals surface area contributed by atoms with Crippen LogP contribution in [-0.2, 0) is 4.79 Å². The Hall–Kier alpha value is -1.26. The van der Waals surface area contributed by atoms with E-state index in [-0.39, 0.29) is 11.8 Å². The molecule has 3 rings (SSSR count). The lowest BCUT2D eigenvalue weighted by atomic mass is 9.89. The highest BCUT2D eigenvalue weighted by Crippen LogP contribution is 2.23. The summed E-state index contributed by atoms with van der Waals surface area (Å²) in [6.45, 7) is 6.15. The van der Waals surface area contributed by atoms with Gasteiger partial charge >= 0.3 is 0 Å². The highest BCUT2D eigenvalue weighted by atomic mass is 35.5. The molecular formula is C20H30ClN3O. The van der Waals surface area contributed by atoms with Crippen LogP contribution >= 0.6 is 11.6 Å². The van der Waals surface area contributed by atoms with E-state index >= 15 is 0 Å². The molecule has 25 heavy (non-hydrogen) atoms. The molecule has 1 aliphatic carbocycles. The number of rotatable bonds is 6. The molecule has 0 radical (unpaired) electrons. The summed E-state index contributed by atoms with van der Waals surface area (Å²) in [6, 6.07) is 8.11. The third-order valence-electron chi connectivity index (χ3n) is 5.49. The monoisotopic (exact) mass is 363 g/mol. The molecule has 1 amide bonds. The molecule has 1 aliphatic heterocycles. The first-order valence-corrected chi connectivity index (χ1v) is 10.1. The highest BCUT2D eigenvalue weighted by molar-refractivity contribution is 6.30. The minimum absolute atomic E-state index is 0.275. The van der Waals surface area contributed by atoms with Gasteiger partial charge in [0.15, 0.2) is 0 Å². The Morgan fingerprint density at radius 3 is 2.40 bits per heavy atom. The third kappa shape index (κ3) is 5.61. The van der Waals surface area contributed by atoms with Gasteiger partial charge in [0, 0.05) is 49.4 Å². The van der Waals surface area contributed by atoms with Gasteiger partial charge in [-0.2, -0.15) is 0 Å². The van der Waals surface area contributed by atoms with E-state index in [0.29, 0.717) is 0 Å². The molecule has 1 saturated carbocycles. The largest absolute Gasteiger partial charge is 0.369 e. The van der Waals surface area contributed by atoms with Gasteiger partial charge in [-0.05, 0) is 50.1 Å². The van der Waals surface area contributed by atoms with Crippen LogP contribution in [0.2, 0.25) is 5.02 Å². The molecule has 1 heterocycles. The van der Waals surface area contributed by atoms with Crippen LogP contribution in [0, 0.1) is 5.92 Å². The summed E-state index contributed by atoms with van der Waals surface area (Å²) >= 11 is 5.96. The van der Waals surface area contributed by atoms with Crippen molar-refractivity contribution < 1.29 is 4.79 Å². The van der Waals surface area contributed by atoms with Crippen molar-refractivity contribution in [3.8, 4) is 0 Å². The molecule has 5 heteroatoms. The van der Waals surface area contributed by atoms with Crippen molar-refractivity contribution in [3.05, 3.63) is 29.3 Å². The van der Waals surface area contributed by atoms with Crippen molar-refractivity contribution in [1.82, 2.24) is 10.2 Å². The quantitative estimate of drug-likeness (QED) is 0.785. The Morgan fingerprint density at radius 1 is 1.04 bits per heavy atom. The van der Waals surface area contributed by atoms with E-state index in [9.17, 15) is 4.79 Å². The molecule has 1 aromatic carbocycles. The van der Waals surface area contributed by atoms with Crippen LogP contribution in [0.1, 0.15) is 38.5 Å². The van der Waals surface area contributed by atoms with Gasteiger partial charge < -0.3 is 10.2 Å². The van der Waals surface area contributed by atoms with E-state index in [2.05, 4.69) is 27.2 Å². The Morgan fingerprint density at radius 2 is 1.72 bits per heavy atom. The predicted molar refractivity (Wildman–Crippen MR) is 104 cm³/mol. The first kappa shape index (κ1) is 18.5. The number of hydrogen-bond acceptors (Lipinski definition) is 3. The molecule has 0 aromatic heterocycles. The molecule has 2 aliphatic rings. The van der Waals surface area contributed by atoms with E-state index in [4.69, 9.17) is 11.6 Å². The lowest BCUT2D eigenvalue weighted by molar-refractivity contribution is -0.125. The lowest BCUT2D eigenvalue weighted by Crippen LogP contribution is -2.47. The van der Waals surface area contributed by atoms with Crippen LogP contribution in [0.25, 0.3) is 0 Å². The molecule has 1 saturated heterocycles. The van der Waals surface area contributed by atoms with E-state index in [0.717, 1.165) is 63.6 Å². The summed E-state index contributed by atoms with van der Waals surface area (Å²) in [5.74, 6) is 0.559. The fraction of sp³-hybridized carbons (Fsp3) is 0.650. The van der Waals surface area contributed by atoms with E-state index in [1.807, 2.05) is 12.1 Å². The minimum Gasteiger partial charge on any atom is -0.369 e. The maximum absolute atomic E-state index is 12.1. The zero-order valence-corrected chi connectivity index (χ0v) is 15.8. The predicted octanol–water partition coefficient (Wildman–Crippen LogP) is 3.55. The summed E-state index contributed by atoms with van der Waals surface area (Å²) in [5.41, 5.74) is 1.25. The molecule has 138 valence electrons. The van der Waals surface area contributed by atoms with Crippen molar-refractivity contribution in [2.75, 3.05) is 44.2 Å². The second kappa shape index (κ2) is 9.44. The average Bonchev–Trinajstić information content (AvgIpc) is 2.67. The van der Waals surface area contributed by atoms with Crippen LogP contribution < -0.4 is 10.2 Å². The summed E-state index contributed by atoms with van der Waals surface area (Å²) in [4.78, 5) is 17.0. The Kier molecular flexibility index (Phi) is 7.00. The number of amides is 1. The number of halogens is 1. The first-order chi connectivity index (χ1) is 12.2. The Bertz CT molecular complexity index is 534. The van der Waals surface area contributed by atoms with Gasteiger partial charge in [0.05, 0.1) is 0 Å². The van der Waals surface area contributed by atoms with Gasteiger partial charge in [-0.3, -0.25) is 9.69 Å². The van der Waals surface area contributed by atoms with Crippen LogP contribution in [0.15, 0.2) is 24.3 Å². The Balaban J connectivity index is 1.30. The summed E-state index contributed by atoms with van der Waals surface area (Å²) in [5, 5.41) is 3.93. The van der Waals surface area contributed by atoms with Crippen LogP contribution in [0.3, 0.4) is 0 Å². The highest BCUT2D eigenvalue weighted by Gasteiger charge is 2.21. The van der Waals surface area contributed by atoms with Gasteiger partial charge in [0.2, 0.25) is 5.91 Å². The van der Waals surface area contributed by atoms with Gasteiger partial charge in [0.1, 0.15) is 0 Å². The zero-order chi connectivity index (χ0) is 17.5. The van der Waals surface area contributed by atoms with Crippen LogP contribution in [0.4, 0.5) is 5.69 Å². The van der Waals surface area contributed by atoms with Crippen molar-refractivity contribution in [1.29, 1.82) is 0 Å². The number of carbonyl (C=O) groups is 1. The third-order valence-corrected chi connectivity index (χ3v) is 5.74. The molecule has 1 N–H and O–H groups in total. The number of piperazine rings is 1. The van der Waals surface area contributed by atoms with Crippen molar-refractivity contribution in [2.45, 2.75) is 38.5 Å². The second-order valence-corrected chi connectivity index (χ2v) is 7.72. The maximum Gasteiger partial charge on any atom is 0.223 e. The van der Waals surface area contributed by atoms with E-state index in [1.54, 1.807) is 0 Å². The van der Waals surface area contributed by atoms with Crippen LogP contribution in [-0.4, -0.2) is 50.1 Å². The van der Waals surface area contributed by atoms with Gasteiger partial charge in [0.25, 0.3) is 0 Å². The lowest BCUT2D eigenvalue weighted by Gasteiger charge is -2.36. The molecule has 0 spiro atoms. The molecule has 2 fully saturated rings. The van der Waals surface area contributed by atoms with Crippen molar-refractivity contribution in [3.63, 3.8) is 0 Å². The topological polar surface area (TPSA) is 35.6 Å².